The Morgan fingerprint density at radius 1 is 1.25 bits per heavy atom. The van der Waals surface area contributed by atoms with E-state index in [-0.39, 0.29) is 11.8 Å². The molecule has 1 saturated heterocycles. The fourth-order valence-corrected chi connectivity index (χ4v) is 3.37. The number of H-pyrrole nitrogens is 1. The van der Waals surface area contributed by atoms with Crippen molar-refractivity contribution in [3.05, 3.63) is 54.2 Å². The van der Waals surface area contributed by atoms with Crippen molar-refractivity contribution in [3.63, 3.8) is 0 Å². The Kier molecular flexibility index (Phi) is 5.27. The molecule has 0 saturated carbocycles. The zero-order valence-corrected chi connectivity index (χ0v) is 15.7. The second-order valence-electron chi connectivity index (χ2n) is 6.67. The number of rotatable bonds is 5. The van der Waals surface area contributed by atoms with E-state index in [0.29, 0.717) is 37.1 Å². The van der Waals surface area contributed by atoms with E-state index < -0.39 is 0 Å². The molecule has 1 aliphatic heterocycles. The molecule has 1 amide bonds. The molecule has 3 heterocycles. The van der Waals surface area contributed by atoms with E-state index in [1.165, 1.54) is 12.4 Å². The highest BCUT2D eigenvalue weighted by Crippen LogP contribution is 2.26. The first kappa shape index (κ1) is 18.1. The van der Waals surface area contributed by atoms with Crippen LogP contribution in [0, 0.1) is 0 Å². The normalized spacial score (nSPS) is 16.8. The molecule has 8 nitrogen and oxygen atoms in total. The van der Waals surface area contributed by atoms with Gasteiger partial charge in [-0.3, -0.25) is 9.89 Å². The molecule has 0 radical (unpaired) electrons. The molecule has 1 aromatic carbocycles. The average molecular weight is 378 g/mol. The fourth-order valence-electron chi connectivity index (χ4n) is 3.37. The number of benzene rings is 1. The molecule has 4 rings (SSSR count). The minimum atomic E-state index is -0.122. The van der Waals surface area contributed by atoms with Crippen molar-refractivity contribution < 1.29 is 9.53 Å². The predicted octanol–water partition coefficient (Wildman–Crippen LogP) is 2.68. The fraction of sp³-hybridized carbons (Fsp3) is 0.350. The van der Waals surface area contributed by atoms with Crippen molar-refractivity contribution in [2.45, 2.75) is 25.7 Å². The topological polar surface area (TPSA) is 96.9 Å². The summed E-state index contributed by atoms with van der Waals surface area (Å²) < 4.78 is 5.28. The lowest BCUT2D eigenvalue weighted by Gasteiger charge is -2.31. The van der Waals surface area contributed by atoms with E-state index in [2.05, 4.69) is 25.1 Å². The summed E-state index contributed by atoms with van der Waals surface area (Å²) in [4.78, 5) is 27.6. The van der Waals surface area contributed by atoms with E-state index in [1.54, 1.807) is 0 Å². The van der Waals surface area contributed by atoms with Gasteiger partial charge in [0.1, 0.15) is 11.5 Å². The molecule has 8 heteroatoms. The van der Waals surface area contributed by atoms with Gasteiger partial charge in [-0.1, -0.05) is 30.3 Å². The number of ether oxygens (including phenoxy) is 1. The molecule has 1 aliphatic rings. The number of hydrogen-bond acceptors (Lipinski definition) is 6. The third-order valence-corrected chi connectivity index (χ3v) is 4.77. The van der Waals surface area contributed by atoms with Crippen molar-refractivity contribution in [1.82, 2.24) is 30.0 Å². The van der Waals surface area contributed by atoms with Crippen LogP contribution in [0.1, 0.15) is 42.0 Å². The van der Waals surface area contributed by atoms with E-state index in [9.17, 15) is 4.79 Å². The Hall–Kier alpha value is -3.29. The highest BCUT2D eigenvalue weighted by atomic mass is 16.5. The standard InChI is InChI=1S/C20H22N6O2/c1-2-28-17-12-21-16(11-22-17)20(27)26-10-6-9-15(13-26)19-23-18(24-25-19)14-7-4-3-5-8-14/h3-5,7-8,11-12,15H,2,6,9-10,13H2,1H3,(H,23,24,25). The number of piperidine rings is 1. The Bertz CT molecular complexity index is 925. The molecule has 1 fully saturated rings. The van der Waals surface area contributed by atoms with Crippen LogP contribution >= 0.6 is 0 Å². The Morgan fingerprint density at radius 3 is 2.86 bits per heavy atom. The number of nitrogens with one attached hydrogen (secondary N) is 1. The number of carbonyl (C=O) groups excluding carboxylic acids is 1. The maximum absolute atomic E-state index is 12.8. The van der Waals surface area contributed by atoms with Gasteiger partial charge in [0, 0.05) is 24.6 Å². The molecule has 0 bridgehead atoms. The lowest BCUT2D eigenvalue weighted by atomic mass is 9.97. The SMILES string of the molecule is CCOc1cnc(C(=O)N2CCCC(c3nc(-c4ccccc4)n[nH]3)C2)cn1. The molecule has 1 N–H and O–H groups in total. The van der Waals surface area contributed by atoms with Gasteiger partial charge in [-0.15, -0.1) is 0 Å². The van der Waals surface area contributed by atoms with Gasteiger partial charge < -0.3 is 9.64 Å². The zero-order chi connectivity index (χ0) is 19.3. The van der Waals surface area contributed by atoms with Crippen LogP contribution in [0.3, 0.4) is 0 Å². The summed E-state index contributed by atoms with van der Waals surface area (Å²) in [5.41, 5.74) is 1.30. The van der Waals surface area contributed by atoms with Crippen molar-refractivity contribution in [3.8, 4) is 17.3 Å². The third-order valence-electron chi connectivity index (χ3n) is 4.77. The van der Waals surface area contributed by atoms with Crippen molar-refractivity contribution >= 4 is 5.91 Å². The van der Waals surface area contributed by atoms with Gasteiger partial charge in [0.05, 0.1) is 19.0 Å². The van der Waals surface area contributed by atoms with Crippen molar-refractivity contribution in [2.24, 2.45) is 0 Å². The average Bonchev–Trinajstić information content (AvgIpc) is 3.25. The molecular weight excluding hydrogens is 356 g/mol. The molecule has 1 atom stereocenters. The Balaban J connectivity index is 1.45. The second-order valence-corrected chi connectivity index (χ2v) is 6.67. The predicted molar refractivity (Wildman–Crippen MR) is 103 cm³/mol. The molecule has 1 unspecified atom stereocenters. The summed E-state index contributed by atoms with van der Waals surface area (Å²) >= 11 is 0. The van der Waals surface area contributed by atoms with E-state index in [0.717, 1.165) is 24.2 Å². The highest BCUT2D eigenvalue weighted by molar-refractivity contribution is 5.92. The Morgan fingerprint density at radius 2 is 2.11 bits per heavy atom. The van der Waals surface area contributed by atoms with Crippen LogP contribution in [0.15, 0.2) is 42.7 Å². The number of carbonyl (C=O) groups is 1. The molecular formula is C20H22N6O2. The number of likely N-dealkylation sites (tertiary alicyclic amines) is 1. The molecule has 0 aliphatic carbocycles. The van der Waals surface area contributed by atoms with Crippen LogP contribution in [0.25, 0.3) is 11.4 Å². The number of hydrogen-bond donors (Lipinski definition) is 1. The number of aromatic nitrogens is 5. The van der Waals surface area contributed by atoms with Crippen LogP contribution in [-0.2, 0) is 0 Å². The number of amides is 1. The van der Waals surface area contributed by atoms with Crippen LogP contribution < -0.4 is 4.74 Å². The van der Waals surface area contributed by atoms with Gasteiger partial charge in [-0.2, -0.15) is 5.10 Å². The van der Waals surface area contributed by atoms with Gasteiger partial charge in [-0.05, 0) is 19.8 Å². The maximum Gasteiger partial charge on any atom is 0.274 e. The minimum absolute atomic E-state index is 0.122. The summed E-state index contributed by atoms with van der Waals surface area (Å²) in [6.07, 6.45) is 4.82. The maximum atomic E-state index is 12.8. The number of nitrogens with zero attached hydrogens (tertiary/aromatic N) is 5. The molecule has 0 spiro atoms. The Labute approximate surface area is 163 Å². The lowest BCUT2D eigenvalue weighted by molar-refractivity contribution is 0.0698. The van der Waals surface area contributed by atoms with Crippen LogP contribution in [-0.4, -0.2) is 55.7 Å². The molecule has 3 aromatic rings. The van der Waals surface area contributed by atoms with Crippen LogP contribution in [0.4, 0.5) is 0 Å². The van der Waals surface area contributed by atoms with Gasteiger partial charge in [0.15, 0.2) is 5.82 Å². The van der Waals surface area contributed by atoms with Gasteiger partial charge in [0.25, 0.3) is 5.91 Å². The quantitative estimate of drug-likeness (QED) is 0.733. The lowest BCUT2D eigenvalue weighted by Crippen LogP contribution is -2.39. The molecule has 144 valence electrons. The summed E-state index contributed by atoms with van der Waals surface area (Å²) in [5, 5.41) is 7.39. The largest absolute Gasteiger partial charge is 0.477 e. The monoisotopic (exact) mass is 378 g/mol. The number of aromatic amines is 1. The second kappa shape index (κ2) is 8.16. The summed E-state index contributed by atoms with van der Waals surface area (Å²) in [5.74, 6) is 1.91. The van der Waals surface area contributed by atoms with Gasteiger partial charge in [0.2, 0.25) is 5.88 Å². The molecule has 2 aromatic heterocycles. The van der Waals surface area contributed by atoms with Gasteiger partial charge in [-0.25, -0.2) is 15.0 Å². The first-order valence-electron chi connectivity index (χ1n) is 9.46. The molecule has 28 heavy (non-hydrogen) atoms. The first-order valence-corrected chi connectivity index (χ1v) is 9.46. The summed E-state index contributed by atoms with van der Waals surface area (Å²) in [7, 11) is 0. The third kappa shape index (κ3) is 3.85. The smallest absolute Gasteiger partial charge is 0.274 e. The zero-order valence-electron chi connectivity index (χ0n) is 15.7. The first-order chi connectivity index (χ1) is 13.7. The van der Waals surface area contributed by atoms with Crippen molar-refractivity contribution in [2.75, 3.05) is 19.7 Å². The van der Waals surface area contributed by atoms with Crippen molar-refractivity contribution in [1.29, 1.82) is 0 Å². The van der Waals surface area contributed by atoms with Crippen LogP contribution in [0.5, 0.6) is 5.88 Å². The summed E-state index contributed by atoms with van der Waals surface area (Å²) in [6.45, 7) is 3.67. The van der Waals surface area contributed by atoms with Crippen LogP contribution in [0.2, 0.25) is 0 Å². The van der Waals surface area contributed by atoms with Gasteiger partial charge >= 0.3 is 0 Å². The van der Waals surface area contributed by atoms with E-state index in [4.69, 9.17) is 4.74 Å². The van der Waals surface area contributed by atoms with E-state index >= 15 is 0 Å². The van der Waals surface area contributed by atoms with E-state index in [1.807, 2.05) is 42.2 Å². The highest BCUT2D eigenvalue weighted by Gasteiger charge is 2.28. The summed E-state index contributed by atoms with van der Waals surface area (Å²) in [6, 6.07) is 9.85. The minimum Gasteiger partial charge on any atom is -0.477 e.